The van der Waals surface area contributed by atoms with Crippen LogP contribution >= 0.6 is 39.0 Å². The minimum atomic E-state index is -0.952. The molecule has 0 bridgehead atoms. The van der Waals surface area contributed by atoms with Gasteiger partial charge in [-0.2, -0.15) is 0 Å². The summed E-state index contributed by atoms with van der Waals surface area (Å²) in [6.07, 6.45) is 0. The van der Waals surface area contributed by atoms with Gasteiger partial charge in [0.25, 0.3) is 0 Å². The molecule has 0 atom stereocenters. The van der Waals surface area contributed by atoms with Gasteiger partial charge < -0.3 is 5.11 Å². The van der Waals surface area contributed by atoms with E-state index in [-0.39, 0.29) is 5.56 Å². The van der Waals surface area contributed by atoms with Crippen molar-refractivity contribution in [1.29, 1.82) is 0 Å². The number of carboxylic acid groups (broad SMARTS) is 1. The van der Waals surface area contributed by atoms with Crippen molar-refractivity contribution in [1.82, 2.24) is 10.2 Å². The molecule has 0 saturated carbocycles. The van der Waals surface area contributed by atoms with Crippen LogP contribution < -0.4 is 0 Å². The first-order chi connectivity index (χ1) is 7.66. The molecule has 0 amide bonds. The number of carbonyl (C=O) groups is 1. The average molecular weight is 317 g/mol. The van der Waals surface area contributed by atoms with Crippen molar-refractivity contribution in [3.05, 3.63) is 33.7 Å². The number of benzene rings is 1. The predicted octanol–water partition coefficient (Wildman–Crippen LogP) is 3.15. The molecule has 4 nitrogen and oxygen atoms in total. The zero-order chi connectivity index (χ0) is 11.5. The summed E-state index contributed by atoms with van der Waals surface area (Å²) in [4.78, 5) is 11.7. The molecule has 0 saturated heterocycles. The first-order valence-corrected chi connectivity index (χ1v) is 6.62. The first kappa shape index (κ1) is 11.6. The summed E-state index contributed by atoms with van der Waals surface area (Å²) in [5, 5.41) is 16.5. The molecule has 0 spiro atoms. The molecule has 16 heavy (non-hydrogen) atoms. The highest BCUT2D eigenvalue weighted by atomic mass is 79.9. The number of carboxylic acids is 1. The second kappa shape index (κ2) is 4.94. The lowest BCUT2D eigenvalue weighted by Gasteiger charge is -2.01. The Kier molecular flexibility index (Phi) is 3.57. The van der Waals surface area contributed by atoms with Crippen LogP contribution in [0.4, 0.5) is 0 Å². The fourth-order valence-electron chi connectivity index (χ4n) is 1.04. The molecular formula is C9H5BrN2O2S2. The predicted molar refractivity (Wildman–Crippen MR) is 65.1 cm³/mol. The highest BCUT2D eigenvalue weighted by molar-refractivity contribution is 9.10. The minimum absolute atomic E-state index is 0.245. The fraction of sp³-hybridized carbons (Fsp3) is 0. The summed E-state index contributed by atoms with van der Waals surface area (Å²) >= 11 is 6.01. The maximum atomic E-state index is 10.9. The molecule has 1 aromatic heterocycles. The lowest BCUT2D eigenvalue weighted by atomic mass is 10.2. The first-order valence-electron chi connectivity index (χ1n) is 4.13. The maximum Gasteiger partial charge on any atom is 0.336 e. The van der Waals surface area contributed by atoms with E-state index in [0.717, 1.165) is 9.24 Å². The number of nitrogens with zero attached hydrogens (tertiary/aromatic N) is 2. The third-order valence-corrected chi connectivity index (χ3v) is 4.17. The van der Waals surface area contributed by atoms with Crippen LogP contribution in [0.5, 0.6) is 0 Å². The average Bonchev–Trinajstić information content (AvgIpc) is 2.73. The Morgan fingerprint density at radius 1 is 1.50 bits per heavy atom. The molecule has 82 valence electrons. The summed E-state index contributed by atoms with van der Waals surface area (Å²) in [5.74, 6) is -0.952. The van der Waals surface area contributed by atoms with Crippen LogP contribution in [0.15, 0.2) is 37.4 Å². The topological polar surface area (TPSA) is 63.1 Å². The monoisotopic (exact) mass is 316 g/mol. The van der Waals surface area contributed by atoms with E-state index >= 15 is 0 Å². The van der Waals surface area contributed by atoms with Gasteiger partial charge in [0.05, 0.1) is 5.56 Å². The number of aromatic nitrogens is 2. The largest absolute Gasteiger partial charge is 0.478 e. The Morgan fingerprint density at radius 2 is 2.31 bits per heavy atom. The van der Waals surface area contributed by atoms with Crippen molar-refractivity contribution in [2.75, 3.05) is 0 Å². The summed E-state index contributed by atoms with van der Waals surface area (Å²) in [6.45, 7) is 0. The highest BCUT2D eigenvalue weighted by Gasteiger charge is 2.10. The lowest BCUT2D eigenvalue weighted by Crippen LogP contribution is -1.97. The van der Waals surface area contributed by atoms with Gasteiger partial charge in [-0.25, -0.2) is 4.79 Å². The number of rotatable bonds is 3. The van der Waals surface area contributed by atoms with Crippen molar-refractivity contribution < 1.29 is 9.90 Å². The van der Waals surface area contributed by atoms with Gasteiger partial charge in [-0.3, -0.25) is 0 Å². The molecular weight excluding hydrogens is 312 g/mol. The van der Waals surface area contributed by atoms with Gasteiger partial charge >= 0.3 is 5.97 Å². The van der Waals surface area contributed by atoms with Gasteiger partial charge in [0.2, 0.25) is 0 Å². The Balaban J connectivity index is 2.29. The van der Waals surface area contributed by atoms with E-state index in [2.05, 4.69) is 26.1 Å². The van der Waals surface area contributed by atoms with E-state index in [9.17, 15) is 4.79 Å². The number of hydrogen-bond donors (Lipinski definition) is 1. The lowest BCUT2D eigenvalue weighted by molar-refractivity contribution is 0.0695. The highest BCUT2D eigenvalue weighted by Crippen LogP contribution is 2.31. The summed E-state index contributed by atoms with van der Waals surface area (Å²) < 4.78 is 1.36. The smallest absolute Gasteiger partial charge is 0.336 e. The molecule has 0 unspecified atom stereocenters. The second-order valence-electron chi connectivity index (χ2n) is 2.75. The van der Waals surface area contributed by atoms with Crippen molar-refractivity contribution in [3.8, 4) is 0 Å². The van der Waals surface area contributed by atoms with Crippen molar-refractivity contribution in [2.45, 2.75) is 9.24 Å². The summed E-state index contributed by atoms with van der Waals surface area (Å²) in [7, 11) is 0. The van der Waals surface area contributed by atoms with E-state index in [1.807, 2.05) is 6.07 Å². The van der Waals surface area contributed by atoms with E-state index in [4.69, 9.17) is 5.11 Å². The number of aromatic carboxylic acids is 1. The van der Waals surface area contributed by atoms with Crippen LogP contribution in [0, 0.1) is 0 Å². The fourth-order valence-corrected chi connectivity index (χ4v) is 2.95. The number of halogens is 1. The molecule has 1 heterocycles. The Morgan fingerprint density at radius 3 is 2.94 bits per heavy atom. The van der Waals surface area contributed by atoms with Crippen LogP contribution in [0.3, 0.4) is 0 Å². The Bertz CT molecular complexity index is 516. The number of hydrogen-bond acceptors (Lipinski definition) is 5. The maximum absolute atomic E-state index is 10.9. The molecule has 1 aromatic carbocycles. The normalized spacial score (nSPS) is 10.3. The molecule has 0 aliphatic carbocycles. The van der Waals surface area contributed by atoms with E-state index in [0.29, 0.717) is 4.47 Å². The molecule has 0 radical (unpaired) electrons. The molecule has 0 aliphatic heterocycles. The third-order valence-electron chi connectivity index (χ3n) is 1.71. The van der Waals surface area contributed by atoms with E-state index < -0.39 is 5.97 Å². The Hall–Kier alpha value is -0.920. The molecule has 0 aliphatic rings. The minimum Gasteiger partial charge on any atom is -0.478 e. The van der Waals surface area contributed by atoms with Crippen LogP contribution in [-0.4, -0.2) is 21.3 Å². The molecule has 7 heteroatoms. The van der Waals surface area contributed by atoms with E-state index in [1.165, 1.54) is 23.1 Å². The van der Waals surface area contributed by atoms with Crippen LogP contribution in [0.25, 0.3) is 0 Å². The molecule has 1 N–H and O–H groups in total. The van der Waals surface area contributed by atoms with Crippen molar-refractivity contribution in [2.24, 2.45) is 0 Å². The van der Waals surface area contributed by atoms with Gasteiger partial charge in [0, 0.05) is 9.37 Å². The van der Waals surface area contributed by atoms with Crippen molar-refractivity contribution in [3.63, 3.8) is 0 Å². The van der Waals surface area contributed by atoms with Crippen LogP contribution in [0.2, 0.25) is 0 Å². The van der Waals surface area contributed by atoms with Gasteiger partial charge in [0.15, 0.2) is 4.34 Å². The second-order valence-corrected chi connectivity index (χ2v) is 5.76. The van der Waals surface area contributed by atoms with Crippen LogP contribution in [0.1, 0.15) is 10.4 Å². The van der Waals surface area contributed by atoms with Gasteiger partial charge in [0.1, 0.15) is 5.51 Å². The van der Waals surface area contributed by atoms with E-state index in [1.54, 1.807) is 17.6 Å². The Labute approximate surface area is 108 Å². The molecule has 0 fully saturated rings. The quantitative estimate of drug-likeness (QED) is 0.942. The van der Waals surface area contributed by atoms with Crippen LogP contribution in [-0.2, 0) is 0 Å². The van der Waals surface area contributed by atoms with Gasteiger partial charge in [-0.05, 0) is 34.1 Å². The molecule has 2 rings (SSSR count). The summed E-state index contributed by atoms with van der Waals surface area (Å²) in [6, 6.07) is 5.16. The standard InChI is InChI=1S/C9H5BrN2O2S2/c10-7-2-1-5(3-6(7)8(13)14)16-9-12-11-4-15-9/h1-4H,(H,13,14). The zero-order valence-electron chi connectivity index (χ0n) is 7.75. The SMILES string of the molecule is O=C(O)c1cc(Sc2nncs2)ccc1Br. The third kappa shape index (κ3) is 2.60. The summed E-state index contributed by atoms with van der Waals surface area (Å²) in [5.41, 5.74) is 1.88. The van der Waals surface area contributed by atoms with Gasteiger partial charge in [-0.15, -0.1) is 10.2 Å². The van der Waals surface area contributed by atoms with Crippen molar-refractivity contribution >= 4 is 45.0 Å². The molecule has 2 aromatic rings. The van der Waals surface area contributed by atoms with Gasteiger partial charge in [-0.1, -0.05) is 23.1 Å². The zero-order valence-corrected chi connectivity index (χ0v) is 11.0.